The van der Waals surface area contributed by atoms with Crippen molar-refractivity contribution in [3.63, 3.8) is 0 Å². The lowest BCUT2D eigenvalue weighted by molar-refractivity contribution is 0.341. The number of nitrogens with zero attached hydrogens (tertiary/aromatic N) is 1. The molecule has 0 atom stereocenters. The molecule has 0 spiro atoms. The normalized spacial score (nSPS) is 10.4. The average molecular weight is 274 g/mol. The molecular weight excluding hydrogens is 256 g/mol. The molecule has 0 aliphatic rings. The van der Waals surface area contributed by atoms with Crippen LogP contribution in [0.4, 0.5) is 0 Å². The van der Waals surface area contributed by atoms with E-state index in [1.54, 1.807) is 0 Å². The first-order valence-corrected chi connectivity index (χ1v) is 6.97. The molecule has 0 saturated carbocycles. The lowest BCUT2D eigenvalue weighted by Gasteiger charge is -2.11. The van der Waals surface area contributed by atoms with Crippen LogP contribution in [0.1, 0.15) is 26.1 Å². The zero-order valence-electron chi connectivity index (χ0n) is 11.3. The lowest BCUT2D eigenvalue weighted by atomic mass is 10.1. The number of aryl methyl sites for hydroxylation is 1. The van der Waals surface area contributed by atoms with E-state index in [4.69, 9.17) is 17.0 Å². The van der Waals surface area contributed by atoms with E-state index in [0.29, 0.717) is 11.2 Å². The summed E-state index contributed by atoms with van der Waals surface area (Å²) in [5.74, 6) is 1.79. The van der Waals surface area contributed by atoms with Crippen molar-refractivity contribution in [2.75, 3.05) is 6.61 Å². The van der Waals surface area contributed by atoms with Crippen LogP contribution in [0.15, 0.2) is 30.3 Å². The summed E-state index contributed by atoms with van der Waals surface area (Å²) in [7, 11) is 0. The van der Waals surface area contributed by atoms with Crippen molar-refractivity contribution in [2.45, 2.75) is 26.7 Å². The van der Waals surface area contributed by atoms with Gasteiger partial charge in [0.2, 0.25) is 0 Å². The van der Waals surface area contributed by atoms with Gasteiger partial charge in [0.25, 0.3) is 0 Å². The predicted octanol–water partition coefficient (Wildman–Crippen LogP) is 4.16. The van der Waals surface area contributed by atoms with Gasteiger partial charge in [-0.1, -0.05) is 31.3 Å². The molecule has 3 nitrogen and oxygen atoms in total. The van der Waals surface area contributed by atoms with Gasteiger partial charge in [-0.15, -0.1) is 0 Å². The summed E-state index contributed by atoms with van der Waals surface area (Å²) in [6, 6.07) is 9.84. The van der Waals surface area contributed by atoms with Gasteiger partial charge in [0.05, 0.1) is 12.3 Å². The Bertz CT molecular complexity index is 607. The molecule has 0 bridgehead atoms. The summed E-state index contributed by atoms with van der Waals surface area (Å²) in [6.45, 7) is 4.75. The molecule has 0 fully saturated rings. The maximum atomic E-state index is 5.66. The van der Waals surface area contributed by atoms with Crippen LogP contribution >= 0.6 is 12.2 Å². The molecule has 1 aromatic heterocycles. The summed E-state index contributed by atoms with van der Waals surface area (Å²) < 4.78 is 6.27. The van der Waals surface area contributed by atoms with Gasteiger partial charge in [-0.3, -0.25) is 0 Å². The van der Waals surface area contributed by atoms with E-state index in [-0.39, 0.29) is 0 Å². The van der Waals surface area contributed by atoms with E-state index in [0.717, 1.165) is 35.7 Å². The highest BCUT2D eigenvalue weighted by molar-refractivity contribution is 7.71. The molecule has 1 heterocycles. The number of hydrogen-bond acceptors (Lipinski definition) is 3. The maximum Gasteiger partial charge on any atom is 0.130 e. The van der Waals surface area contributed by atoms with Crippen molar-refractivity contribution in [2.24, 2.45) is 0 Å². The van der Waals surface area contributed by atoms with Crippen molar-refractivity contribution in [3.8, 4) is 17.0 Å². The summed E-state index contributed by atoms with van der Waals surface area (Å²) in [6.07, 6.45) is 1.93. The Labute approximate surface area is 118 Å². The molecule has 0 amide bonds. The molecule has 2 aromatic rings. The zero-order valence-corrected chi connectivity index (χ0v) is 12.1. The number of hydrogen-bond donors (Lipinski definition) is 1. The summed E-state index contributed by atoms with van der Waals surface area (Å²) in [5, 5.41) is 0. The molecule has 0 aliphatic carbocycles. The molecule has 100 valence electrons. The van der Waals surface area contributed by atoms with Gasteiger partial charge in [0.15, 0.2) is 0 Å². The van der Waals surface area contributed by atoms with E-state index in [2.05, 4.69) is 16.9 Å². The zero-order chi connectivity index (χ0) is 13.7. The second kappa shape index (κ2) is 6.48. The third-order valence-electron chi connectivity index (χ3n) is 2.76. The second-order valence-corrected chi connectivity index (χ2v) is 4.68. The van der Waals surface area contributed by atoms with Crippen LogP contribution in [0.3, 0.4) is 0 Å². The van der Waals surface area contributed by atoms with Crippen LogP contribution in [0.5, 0.6) is 5.75 Å². The van der Waals surface area contributed by atoms with Gasteiger partial charge in [0.1, 0.15) is 16.2 Å². The quantitative estimate of drug-likeness (QED) is 0.832. The Morgan fingerprint density at radius 2 is 2.05 bits per heavy atom. The Kier molecular flexibility index (Phi) is 4.68. The fraction of sp³-hybridized carbons (Fsp3) is 0.333. The second-order valence-electron chi connectivity index (χ2n) is 4.26. The molecule has 19 heavy (non-hydrogen) atoms. The third kappa shape index (κ3) is 3.41. The fourth-order valence-electron chi connectivity index (χ4n) is 1.98. The van der Waals surface area contributed by atoms with Crippen LogP contribution in [-0.2, 0) is 6.42 Å². The topological polar surface area (TPSA) is 37.9 Å². The minimum Gasteiger partial charge on any atom is -0.493 e. The van der Waals surface area contributed by atoms with Crippen LogP contribution < -0.4 is 4.74 Å². The number of rotatable bonds is 5. The van der Waals surface area contributed by atoms with Crippen molar-refractivity contribution in [1.29, 1.82) is 0 Å². The average Bonchev–Trinajstić information content (AvgIpc) is 2.39. The van der Waals surface area contributed by atoms with Crippen molar-refractivity contribution >= 4 is 12.2 Å². The fourth-order valence-corrected chi connectivity index (χ4v) is 2.21. The maximum absolute atomic E-state index is 5.66. The Hall–Kier alpha value is -1.68. The molecule has 0 saturated heterocycles. The van der Waals surface area contributed by atoms with E-state index in [9.17, 15) is 0 Å². The predicted molar refractivity (Wildman–Crippen MR) is 80.0 cm³/mol. The molecule has 4 heteroatoms. The number of nitrogens with one attached hydrogen (secondary N) is 1. The number of H-pyrrole nitrogens is 1. The number of benzene rings is 1. The molecule has 0 unspecified atom stereocenters. The van der Waals surface area contributed by atoms with Crippen LogP contribution in [0.2, 0.25) is 0 Å². The number of ether oxygens (including phenoxy) is 1. The molecular formula is C15H18N2OS. The number of aromatic amines is 1. The molecule has 0 aliphatic heterocycles. The van der Waals surface area contributed by atoms with Gasteiger partial charge >= 0.3 is 0 Å². The molecule has 1 aromatic carbocycles. The minimum atomic E-state index is 0.614. The standard InChI is InChI=1S/C15H18N2OS/c1-3-7-14-16-12(10-15(19)17-14)11-8-5-6-9-13(11)18-4-2/h5-6,8-10H,3-4,7H2,1-2H3,(H,16,17,19). The van der Waals surface area contributed by atoms with Gasteiger partial charge in [-0.25, -0.2) is 4.98 Å². The lowest BCUT2D eigenvalue weighted by Crippen LogP contribution is -1.99. The first-order valence-electron chi connectivity index (χ1n) is 6.57. The van der Waals surface area contributed by atoms with E-state index >= 15 is 0 Å². The van der Waals surface area contributed by atoms with Gasteiger partial charge in [-0.2, -0.15) is 0 Å². The minimum absolute atomic E-state index is 0.614. The summed E-state index contributed by atoms with van der Waals surface area (Å²) >= 11 is 5.24. The Morgan fingerprint density at radius 3 is 2.79 bits per heavy atom. The van der Waals surface area contributed by atoms with Crippen LogP contribution in [0.25, 0.3) is 11.3 Å². The van der Waals surface area contributed by atoms with Crippen LogP contribution in [0, 0.1) is 4.64 Å². The molecule has 1 N–H and O–H groups in total. The molecule has 0 radical (unpaired) electrons. The van der Waals surface area contributed by atoms with Crippen molar-refractivity contribution in [1.82, 2.24) is 9.97 Å². The number of aromatic nitrogens is 2. The highest BCUT2D eigenvalue weighted by Crippen LogP contribution is 2.28. The summed E-state index contributed by atoms with van der Waals surface area (Å²) in [5.41, 5.74) is 1.99. The SMILES string of the molecule is CCCc1nc(=S)cc(-c2ccccc2OCC)[nH]1. The highest BCUT2D eigenvalue weighted by Gasteiger charge is 2.07. The van der Waals surface area contributed by atoms with Gasteiger partial charge in [0, 0.05) is 12.0 Å². The molecule has 2 rings (SSSR count). The van der Waals surface area contributed by atoms with Gasteiger partial charge < -0.3 is 9.72 Å². The van der Waals surface area contributed by atoms with E-state index in [1.807, 2.05) is 37.3 Å². The smallest absolute Gasteiger partial charge is 0.130 e. The van der Waals surface area contributed by atoms with Gasteiger partial charge in [-0.05, 0) is 31.5 Å². The van der Waals surface area contributed by atoms with Crippen molar-refractivity contribution in [3.05, 3.63) is 40.8 Å². The Balaban J connectivity index is 2.49. The largest absolute Gasteiger partial charge is 0.493 e. The van der Waals surface area contributed by atoms with Crippen LogP contribution in [-0.4, -0.2) is 16.6 Å². The highest BCUT2D eigenvalue weighted by atomic mass is 32.1. The first-order chi connectivity index (χ1) is 9.24. The summed E-state index contributed by atoms with van der Waals surface area (Å²) in [4.78, 5) is 7.69. The first kappa shape index (κ1) is 13.7. The van der Waals surface area contributed by atoms with Crippen molar-refractivity contribution < 1.29 is 4.74 Å². The van der Waals surface area contributed by atoms with E-state index in [1.165, 1.54) is 0 Å². The van der Waals surface area contributed by atoms with E-state index < -0.39 is 0 Å². The monoisotopic (exact) mass is 274 g/mol. The third-order valence-corrected chi connectivity index (χ3v) is 2.96. The number of para-hydroxylation sites is 1. The Morgan fingerprint density at radius 1 is 1.26 bits per heavy atom.